The number of nitrogens with zero attached hydrogens (tertiary/aromatic N) is 3. The molecule has 2 rings (SSSR count). The van der Waals surface area contributed by atoms with Crippen LogP contribution in [0.1, 0.15) is 25.7 Å². The fourth-order valence-corrected chi connectivity index (χ4v) is 4.14. The van der Waals surface area contributed by atoms with Crippen LogP contribution >= 0.6 is 24.2 Å². The van der Waals surface area contributed by atoms with Gasteiger partial charge >= 0.3 is 0 Å². The van der Waals surface area contributed by atoms with Gasteiger partial charge in [0.25, 0.3) is 0 Å². The topological polar surface area (TPSA) is 76.4 Å². The zero-order chi connectivity index (χ0) is 16.1. The van der Waals surface area contributed by atoms with Gasteiger partial charge in [-0.1, -0.05) is 0 Å². The molecule has 0 bridgehead atoms. The first-order valence-corrected chi connectivity index (χ1v) is 8.89. The number of halogens is 1. The first-order chi connectivity index (χ1) is 10.5. The van der Waals surface area contributed by atoms with Crippen molar-refractivity contribution < 1.29 is 9.59 Å². The minimum Gasteiger partial charge on any atom is -0.349 e. The summed E-state index contributed by atoms with van der Waals surface area (Å²) in [5, 5.41) is 12.3. The third-order valence-corrected chi connectivity index (χ3v) is 5.42. The van der Waals surface area contributed by atoms with Gasteiger partial charge in [0.05, 0.1) is 18.5 Å². The molecule has 0 radical (unpaired) electrons. The van der Waals surface area contributed by atoms with Crippen molar-refractivity contribution in [2.75, 3.05) is 32.3 Å². The minimum absolute atomic E-state index is 0. The number of amides is 2. The van der Waals surface area contributed by atoms with E-state index in [0.717, 1.165) is 25.7 Å². The Kier molecular flexibility index (Phi) is 8.17. The van der Waals surface area contributed by atoms with E-state index in [-0.39, 0.29) is 42.7 Å². The molecule has 1 heterocycles. The summed E-state index contributed by atoms with van der Waals surface area (Å²) in [6.07, 6.45) is 3.61. The fourth-order valence-electron chi connectivity index (χ4n) is 3.04. The molecule has 0 aromatic carbocycles. The fraction of sp³-hybridized carbons (Fsp3) is 0.800. The molecule has 2 fully saturated rings. The highest BCUT2D eigenvalue weighted by molar-refractivity contribution is 7.99. The lowest BCUT2D eigenvalue weighted by molar-refractivity contribution is -0.134. The van der Waals surface area contributed by atoms with E-state index in [1.807, 2.05) is 0 Å². The molecule has 8 heteroatoms. The van der Waals surface area contributed by atoms with E-state index in [1.54, 1.807) is 35.7 Å². The Bertz CT molecular complexity index is 461. The predicted molar refractivity (Wildman–Crippen MR) is 93.3 cm³/mol. The Labute approximate surface area is 148 Å². The maximum Gasteiger partial charge on any atom is 0.238 e. The molecule has 1 saturated heterocycles. The van der Waals surface area contributed by atoms with Gasteiger partial charge in [0.15, 0.2) is 0 Å². The zero-order valence-electron chi connectivity index (χ0n) is 13.7. The smallest absolute Gasteiger partial charge is 0.238 e. The molecule has 1 aliphatic heterocycles. The lowest BCUT2D eigenvalue weighted by Crippen LogP contribution is -2.45. The summed E-state index contributed by atoms with van der Waals surface area (Å²) in [5.41, 5.74) is 0. The Morgan fingerprint density at radius 3 is 2.52 bits per heavy atom. The van der Waals surface area contributed by atoms with Crippen LogP contribution < -0.4 is 5.32 Å². The van der Waals surface area contributed by atoms with Crippen molar-refractivity contribution in [3.05, 3.63) is 0 Å². The Morgan fingerprint density at radius 1 is 1.30 bits per heavy atom. The molecule has 23 heavy (non-hydrogen) atoms. The quantitative estimate of drug-likeness (QED) is 0.811. The first-order valence-electron chi connectivity index (χ1n) is 7.74. The molecule has 1 aliphatic carbocycles. The monoisotopic (exact) mass is 360 g/mol. The van der Waals surface area contributed by atoms with Gasteiger partial charge in [-0.15, -0.1) is 24.2 Å². The molecule has 1 atom stereocenters. The van der Waals surface area contributed by atoms with Crippen LogP contribution in [0.3, 0.4) is 0 Å². The van der Waals surface area contributed by atoms with Gasteiger partial charge in [0.2, 0.25) is 11.8 Å². The molecule has 1 N–H and O–H groups in total. The average molecular weight is 361 g/mol. The molecule has 0 aromatic rings. The van der Waals surface area contributed by atoms with E-state index in [9.17, 15) is 9.59 Å². The maximum absolute atomic E-state index is 12.2. The molecule has 130 valence electrons. The molecule has 6 nitrogen and oxygen atoms in total. The van der Waals surface area contributed by atoms with Crippen LogP contribution in [0, 0.1) is 17.2 Å². The Morgan fingerprint density at radius 2 is 1.96 bits per heavy atom. The predicted octanol–water partition coefficient (Wildman–Crippen LogP) is 1.07. The lowest BCUT2D eigenvalue weighted by atomic mass is 9.85. The number of rotatable bonds is 4. The summed E-state index contributed by atoms with van der Waals surface area (Å²) in [6, 6.07) is 2.19. The SMILES string of the molecule is CN(C)C(=O)C1CCC(NCC(=O)N2CSCC2C#N)CC1.Cl. The van der Waals surface area contributed by atoms with Gasteiger partial charge in [-0.3, -0.25) is 9.59 Å². The van der Waals surface area contributed by atoms with Gasteiger partial charge in [-0.05, 0) is 25.7 Å². The number of nitriles is 1. The van der Waals surface area contributed by atoms with Gasteiger partial charge < -0.3 is 15.1 Å². The van der Waals surface area contributed by atoms with Gasteiger partial charge in [0, 0.05) is 31.8 Å². The van der Waals surface area contributed by atoms with Crippen molar-refractivity contribution in [2.45, 2.75) is 37.8 Å². The molecule has 1 saturated carbocycles. The molecule has 0 spiro atoms. The standard InChI is InChI=1S/C15H24N4O2S.ClH/c1-18(2)15(21)11-3-5-12(6-4-11)17-8-14(20)19-10-22-9-13(19)7-16;/h11-13,17H,3-6,8-10H2,1-2H3;1H. The Balaban J connectivity index is 0.00000264. The van der Waals surface area contributed by atoms with Crippen LogP contribution in [0.15, 0.2) is 0 Å². The van der Waals surface area contributed by atoms with Gasteiger partial charge in [-0.2, -0.15) is 5.26 Å². The van der Waals surface area contributed by atoms with Crippen LogP contribution in [0.25, 0.3) is 0 Å². The maximum atomic E-state index is 12.2. The van der Waals surface area contributed by atoms with Crippen LogP contribution in [0.4, 0.5) is 0 Å². The van der Waals surface area contributed by atoms with Crippen molar-refractivity contribution in [3.63, 3.8) is 0 Å². The van der Waals surface area contributed by atoms with Gasteiger partial charge in [0.1, 0.15) is 6.04 Å². The molecule has 2 aliphatic rings. The van der Waals surface area contributed by atoms with Crippen LogP contribution in [-0.2, 0) is 9.59 Å². The number of hydrogen-bond donors (Lipinski definition) is 1. The summed E-state index contributed by atoms with van der Waals surface area (Å²) in [5.74, 6) is 1.66. The van der Waals surface area contributed by atoms with E-state index in [1.165, 1.54) is 0 Å². The van der Waals surface area contributed by atoms with Crippen molar-refractivity contribution >= 4 is 36.0 Å². The van der Waals surface area contributed by atoms with E-state index < -0.39 is 0 Å². The van der Waals surface area contributed by atoms with Crippen molar-refractivity contribution in [2.24, 2.45) is 5.92 Å². The van der Waals surface area contributed by atoms with E-state index in [2.05, 4.69) is 11.4 Å². The van der Waals surface area contributed by atoms with E-state index >= 15 is 0 Å². The lowest BCUT2D eigenvalue weighted by Gasteiger charge is -2.30. The van der Waals surface area contributed by atoms with Crippen molar-refractivity contribution in [1.29, 1.82) is 5.26 Å². The summed E-state index contributed by atoms with van der Waals surface area (Å²) in [4.78, 5) is 27.4. The minimum atomic E-state index is -0.284. The van der Waals surface area contributed by atoms with E-state index in [0.29, 0.717) is 17.7 Å². The summed E-state index contributed by atoms with van der Waals surface area (Å²) >= 11 is 1.62. The summed E-state index contributed by atoms with van der Waals surface area (Å²) in [7, 11) is 3.59. The third-order valence-electron chi connectivity index (χ3n) is 4.41. The summed E-state index contributed by atoms with van der Waals surface area (Å²) < 4.78 is 0. The highest BCUT2D eigenvalue weighted by atomic mass is 35.5. The van der Waals surface area contributed by atoms with Gasteiger partial charge in [-0.25, -0.2) is 0 Å². The molecule has 0 aromatic heterocycles. The highest BCUT2D eigenvalue weighted by Gasteiger charge is 2.30. The number of carbonyl (C=O) groups excluding carboxylic acids is 2. The second kappa shape index (κ2) is 9.36. The van der Waals surface area contributed by atoms with Crippen LogP contribution in [0.5, 0.6) is 0 Å². The van der Waals surface area contributed by atoms with Crippen LogP contribution in [0.2, 0.25) is 0 Å². The second-order valence-corrected chi connectivity index (χ2v) is 7.17. The molecule has 1 unspecified atom stereocenters. The molecular weight excluding hydrogens is 336 g/mol. The second-order valence-electron chi connectivity index (χ2n) is 6.17. The Hall–Kier alpha value is -0.970. The van der Waals surface area contributed by atoms with Crippen molar-refractivity contribution in [1.82, 2.24) is 15.1 Å². The van der Waals surface area contributed by atoms with Crippen LogP contribution in [-0.4, -0.2) is 66.0 Å². The zero-order valence-corrected chi connectivity index (χ0v) is 15.3. The third kappa shape index (κ3) is 5.27. The molecule has 2 amide bonds. The largest absolute Gasteiger partial charge is 0.349 e. The number of nitrogens with one attached hydrogen (secondary N) is 1. The van der Waals surface area contributed by atoms with Crippen molar-refractivity contribution in [3.8, 4) is 6.07 Å². The highest BCUT2D eigenvalue weighted by Crippen LogP contribution is 2.25. The molecular formula is C15H25ClN4O2S. The number of thioether (sulfide) groups is 1. The average Bonchev–Trinajstić information content (AvgIpc) is 3.01. The normalized spacial score (nSPS) is 27.0. The first kappa shape index (κ1) is 20.1. The summed E-state index contributed by atoms with van der Waals surface area (Å²) in [6.45, 7) is 0.287. The van der Waals surface area contributed by atoms with E-state index in [4.69, 9.17) is 5.26 Å². The number of carbonyl (C=O) groups is 2. The number of hydrogen-bond acceptors (Lipinski definition) is 5.